The Morgan fingerprint density at radius 3 is 2.62 bits per heavy atom. The van der Waals surface area contributed by atoms with Crippen LogP contribution in [0, 0.1) is 0 Å². The molecule has 1 aromatic rings. The fourth-order valence-corrected chi connectivity index (χ4v) is 0.943. The van der Waals surface area contributed by atoms with Gasteiger partial charge in [-0.25, -0.2) is 4.63 Å². The van der Waals surface area contributed by atoms with E-state index in [-0.39, 0.29) is 30.4 Å². The molecule has 0 aliphatic heterocycles. The standard InChI is InChI=1S/C8H13N5O3/c1-13(2)5(14)3-4-10-8(15)6-7(9)12-16-11-6/h3-4H2,1-2H3,(H2,9,12)(H,10,15). The summed E-state index contributed by atoms with van der Waals surface area (Å²) in [5.74, 6) is -0.659. The summed E-state index contributed by atoms with van der Waals surface area (Å²) in [6, 6.07) is 0. The van der Waals surface area contributed by atoms with Crippen molar-refractivity contribution in [1.29, 1.82) is 0 Å². The molecule has 0 saturated heterocycles. The zero-order valence-corrected chi connectivity index (χ0v) is 9.06. The van der Waals surface area contributed by atoms with Crippen molar-refractivity contribution >= 4 is 17.6 Å². The van der Waals surface area contributed by atoms with Crippen LogP contribution in [0.2, 0.25) is 0 Å². The highest BCUT2D eigenvalue weighted by Gasteiger charge is 2.15. The van der Waals surface area contributed by atoms with E-state index in [1.165, 1.54) is 4.90 Å². The van der Waals surface area contributed by atoms with Crippen LogP contribution in [0.3, 0.4) is 0 Å². The Morgan fingerprint density at radius 2 is 2.12 bits per heavy atom. The number of hydrogen-bond donors (Lipinski definition) is 2. The predicted molar refractivity (Wildman–Crippen MR) is 54.4 cm³/mol. The summed E-state index contributed by atoms with van der Waals surface area (Å²) in [7, 11) is 3.29. The molecule has 2 amide bonds. The van der Waals surface area contributed by atoms with Crippen LogP contribution in [-0.2, 0) is 4.79 Å². The maximum Gasteiger partial charge on any atom is 0.277 e. The van der Waals surface area contributed by atoms with Gasteiger partial charge in [0, 0.05) is 27.1 Å². The van der Waals surface area contributed by atoms with E-state index in [0.717, 1.165) is 0 Å². The van der Waals surface area contributed by atoms with Crippen molar-refractivity contribution in [2.75, 3.05) is 26.4 Å². The fourth-order valence-electron chi connectivity index (χ4n) is 0.943. The summed E-state index contributed by atoms with van der Waals surface area (Å²) < 4.78 is 4.27. The van der Waals surface area contributed by atoms with E-state index in [4.69, 9.17) is 5.73 Å². The van der Waals surface area contributed by atoms with Gasteiger partial charge in [-0.1, -0.05) is 0 Å². The van der Waals surface area contributed by atoms with Crippen LogP contribution in [0.4, 0.5) is 5.82 Å². The number of rotatable bonds is 4. The molecule has 0 atom stereocenters. The lowest BCUT2D eigenvalue weighted by molar-refractivity contribution is -0.128. The largest absolute Gasteiger partial charge is 0.379 e. The van der Waals surface area contributed by atoms with Gasteiger partial charge in [0.25, 0.3) is 5.91 Å². The van der Waals surface area contributed by atoms with Crippen molar-refractivity contribution in [3.63, 3.8) is 0 Å². The highest BCUT2D eigenvalue weighted by atomic mass is 16.6. The average molecular weight is 227 g/mol. The average Bonchev–Trinajstić information content (AvgIpc) is 2.64. The molecule has 0 aliphatic rings. The first-order valence-electron chi connectivity index (χ1n) is 4.58. The highest BCUT2D eigenvalue weighted by Crippen LogP contribution is 2.02. The van der Waals surface area contributed by atoms with Gasteiger partial charge >= 0.3 is 0 Å². The van der Waals surface area contributed by atoms with Gasteiger partial charge in [0.05, 0.1) is 0 Å². The minimum absolute atomic E-state index is 0.0719. The maximum atomic E-state index is 11.4. The van der Waals surface area contributed by atoms with Gasteiger partial charge in [0.15, 0.2) is 0 Å². The van der Waals surface area contributed by atoms with Crippen LogP contribution >= 0.6 is 0 Å². The van der Waals surface area contributed by atoms with E-state index in [0.29, 0.717) is 0 Å². The molecule has 0 aromatic carbocycles. The lowest BCUT2D eigenvalue weighted by Crippen LogP contribution is -2.30. The van der Waals surface area contributed by atoms with Crippen molar-refractivity contribution < 1.29 is 14.2 Å². The molecule has 0 unspecified atom stereocenters. The topological polar surface area (TPSA) is 114 Å². The summed E-state index contributed by atoms with van der Waals surface area (Å²) in [6.07, 6.45) is 0.212. The number of hydrogen-bond acceptors (Lipinski definition) is 6. The molecule has 16 heavy (non-hydrogen) atoms. The van der Waals surface area contributed by atoms with Crippen molar-refractivity contribution in [2.24, 2.45) is 0 Å². The first kappa shape index (κ1) is 12.0. The Labute approximate surface area is 91.7 Å². The Bertz CT molecular complexity index is 387. The van der Waals surface area contributed by atoms with Crippen molar-refractivity contribution in [3.8, 4) is 0 Å². The van der Waals surface area contributed by atoms with E-state index in [2.05, 4.69) is 20.3 Å². The van der Waals surface area contributed by atoms with Gasteiger partial charge in [0.2, 0.25) is 17.4 Å². The molecule has 0 spiro atoms. The Balaban J connectivity index is 2.37. The molecule has 8 nitrogen and oxygen atoms in total. The number of nitrogens with one attached hydrogen (secondary N) is 1. The molecular formula is C8H13N5O3. The van der Waals surface area contributed by atoms with Crippen molar-refractivity contribution in [3.05, 3.63) is 5.69 Å². The zero-order chi connectivity index (χ0) is 12.1. The number of nitrogens with two attached hydrogens (primary N) is 1. The number of amides is 2. The van der Waals surface area contributed by atoms with E-state index in [9.17, 15) is 9.59 Å². The summed E-state index contributed by atoms with van der Waals surface area (Å²) >= 11 is 0. The quantitative estimate of drug-likeness (QED) is 0.672. The zero-order valence-electron chi connectivity index (χ0n) is 9.06. The number of nitrogens with zero attached hydrogens (tertiary/aromatic N) is 3. The second-order valence-electron chi connectivity index (χ2n) is 3.29. The van der Waals surface area contributed by atoms with Crippen LogP contribution in [0.1, 0.15) is 16.9 Å². The minimum atomic E-state index is -0.509. The molecule has 0 aliphatic carbocycles. The van der Waals surface area contributed by atoms with Crippen LogP contribution in [-0.4, -0.2) is 47.7 Å². The number of carbonyl (C=O) groups is 2. The first-order chi connectivity index (χ1) is 7.52. The third-order valence-corrected chi connectivity index (χ3v) is 1.85. The van der Waals surface area contributed by atoms with Crippen LogP contribution in [0.15, 0.2) is 4.63 Å². The van der Waals surface area contributed by atoms with Gasteiger partial charge in [0.1, 0.15) is 0 Å². The summed E-state index contributed by atoms with van der Waals surface area (Å²) in [5, 5.41) is 9.08. The molecular weight excluding hydrogens is 214 g/mol. The van der Waals surface area contributed by atoms with E-state index < -0.39 is 5.91 Å². The second kappa shape index (κ2) is 5.10. The molecule has 1 rings (SSSR count). The van der Waals surface area contributed by atoms with E-state index in [1.807, 2.05) is 0 Å². The van der Waals surface area contributed by atoms with Gasteiger partial charge in [-0.05, 0) is 10.3 Å². The van der Waals surface area contributed by atoms with Gasteiger partial charge in [-0.15, -0.1) is 0 Å². The van der Waals surface area contributed by atoms with Gasteiger partial charge in [-0.2, -0.15) is 0 Å². The van der Waals surface area contributed by atoms with Gasteiger partial charge in [-0.3, -0.25) is 9.59 Å². The van der Waals surface area contributed by atoms with Crippen LogP contribution < -0.4 is 11.1 Å². The molecule has 0 radical (unpaired) electrons. The summed E-state index contributed by atoms with van der Waals surface area (Å²) in [6.45, 7) is 0.210. The Hall–Kier alpha value is -2.12. The number of aromatic nitrogens is 2. The fraction of sp³-hybridized carbons (Fsp3) is 0.500. The molecule has 1 heterocycles. The molecule has 0 fully saturated rings. The molecule has 8 heteroatoms. The normalized spacial score (nSPS) is 9.88. The Kier molecular flexibility index (Phi) is 3.81. The maximum absolute atomic E-state index is 11.4. The predicted octanol–water partition coefficient (Wildman–Crippen LogP) is -1.14. The van der Waals surface area contributed by atoms with E-state index in [1.54, 1.807) is 14.1 Å². The SMILES string of the molecule is CN(C)C(=O)CCNC(=O)c1nonc1N. The van der Waals surface area contributed by atoms with Crippen LogP contribution in [0.5, 0.6) is 0 Å². The third kappa shape index (κ3) is 2.94. The lowest BCUT2D eigenvalue weighted by atomic mass is 10.3. The smallest absolute Gasteiger partial charge is 0.277 e. The van der Waals surface area contributed by atoms with Gasteiger partial charge < -0.3 is 16.0 Å². The van der Waals surface area contributed by atoms with Crippen molar-refractivity contribution in [1.82, 2.24) is 20.5 Å². The molecule has 88 valence electrons. The van der Waals surface area contributed by atoms with Crippen molar-refractivity contribution in [2.45, 2.75) is 6.42 Å². The first-order valence-corrected chi connectivity index (χ1v) is 4.58. The number of nitrogen functional groups attached to an aromatic ring is 1. The second-order valence-corrected chi connectivity index (χ2v) is 3.29. The summed E-state index contributed by atoms with van der Waals surface area (Å²) in [4.78, 5) is 24.0. The molecule has 3 N–H and O–H groups in total. The summed E-state index contributed by atoms with van der Waals surface area (Å²) in [5.41, 5.74) is 5.25. The minimum Gasteiger partial charge on any atom is -0.379 e. The molecule has 1 aromatic heterocycles. The number of anilines is 1. The monoisotopic (exact) mass is 227 g/mol. The van der Waals surface area contributed by atoms with E-state index >= 15 is 0 Å². The lowest BCUT2D eigenvalue weighted by Gasteiger charge is -2.09. The van der Waals surface area contributed by atoms with Crippen LogP contribution in [0.25, 0.3) is 0 Å². The number of carbonyl (C=O) groups excluding carboxylic acids is 2. The third-order valence-electron chi connectivity index (χ3n) is 1.85. The molecule has 0 saturated carbocycles. The molecule has 0 bridgehead atoms. The Morgan fingerprint density at radius 1 is 1.44 bits per heavy atom. The highest BCUT2D eigenvalue weighted by molar-refractivity contribution is 5.96.